The van der Waals surface area contributed by atoms with E-state index in [0.29, 0.717) is 18.5 Å². The van der Waals surface area contributed by atoms with Gasteiger partial charge < -0.3 is 20.9 Å². The maximum atomic E-state index is 5.71. The summed E-state index contributed by atoms with van der Waals surface area (Å²) in [4.78, 5) is 14.2. The molecule has 3 N–H and O–H groups in total. The molecule has 1 aromatic carbocycles. The highest BCUT2D eigenvalue weighted by Gasteiger charge is 2.55. The van der Waals surface area contributed by atoms with Crippen LogP contribution in [0.2, 0.25) is 0 Å². The zero-order valence-electron chi connectivity index (χ0n) is 15.7. The molecule has 6 rings (SSSR count). The maximum Gasteiger partial charge on any atom is 0.129 e. The van der Waals surface area contributed by atoms with Gasteiger partial charge in [-0.05, 0) is 12.1 Å². The van der Waals surface area contributed by atoms with Crippen LogP contribution in [0.15, 0.2) is 42.7 Å². The van der Waals surface area contributed by atoms with Crippen molar-refractivity contribution < 1.29 is 0 Å². The zero-order valence-corrected chi connectivity index (χ0v) is 15.7. The van der Waals surface area contributed by atoms with Crippen LogP contribution in [0.25, 0.3) is 0 Å². The Morgan fingerprint density at radius 3 is 2.52 bits per heavy atom. The summed E-state index contributed by atoms with van der Waals surface area (Å²) in [6.45, 7) is 7.55. The lowest BCUT2D eigenvalue weighted by Crippen LogP contribution is -2.68. The van der Waals surface area contributed by atoms with Crippen molar-refractivity contribution in [2.45, 2.75) is 17.9 Å². The summed E-state index contributed by atoms with van der Waals surface area (Å²) >= 11 is 0. The smallest absolute Gasteiger partial charge is 0.129 e. The quantitative estimate of drug-likeness (QED) is 0.824. The zero-order chi connectivity index (χ0) is 18.3. The van der Waals surface area contributed by atoms with Gasteiger partial charge >= 0.3 is 0 Å². The molecule has 4 aliphatic rings. The average Bonchev–Trinajstić information content (AvgIpc) is 2.94. The molecule has 1 aromatic heterocycles. The van der Waals surface area contributed by atoms with Gasteiger partial charge in [0, 0.05) is 74.8 Å². The molecule has 4 bridgehead atoms. The summed E-state index contributed by atoms with van der Waals surface area (Å²) in [5.41, 5.74) is 8.26. The number of nitrogens with zero attached hydrogens (tertiary/aromatic N) is 4. The molecule has 5 heterocycles. The van der Waals surface area contributed by atoms with Gasteiger partial charge in [0.15, 0.2) is 0 Å². The van der Waals surface area contributed by atoms with Gasteiger partial charge in [0.2, 0.25) is 0 Å². The number of anilines is 1. The molecule has 27 heavy (non-hydrogen) atoms. The Labute approximate surface area is 160 Å². The third-order valence-corrected chi connectivity index (χ3v) is 6.57. The normalized spacial score (nSPS) is 34.4. The van der Waals surface area contributed by atoms with E-state index in [0.717, 1.165) is 31.0 Å². The van der Waals surface area contributed by atoms with Crippen LogP contribution in [-0.2, 0) is 11.8 Å². The minimum atomic E-state index is 0.0951. The Hall–Kier alpha value is -2.02. The molecule has 4 fully saturated rings. The van der Waals surface area contributed by atoms with E-state index in [1.54, 1.807) is 6.33 Å². The third-order valence-electron chi connectivity index (χ3n) is 6.57. The largest absolute Gasteiger partial charge is 0.366 e. The molecule has 3 atom stereocenters. The molecule has 2 unspecified atom stereocenters. The second kappa shape index (κ2) is 6.86. The lowest BCUT2D eigenvalue weighted by molar-refractivity contribution is 0.0438. The molecular weight excluding hydrogens is 336 g/mol. The van der Waals surface area contributed by atoms with Crippen molar-refractivity contribution in [3.05, 3.63) is 54.0 Å². The topological polar surface area (TPSA) is 70.3 Å². The Bertz CT molecular complexity index is 778. The average molecular weight is 364 g/mol. The number of hydrogen-bond donors (Lipinski definition) is 2. The van der Waals surface area contributed by atoms with E-state index in [1.807, 2.05) is 0 Å². The number of benzene rings is 1. The van der Waals surface area contributed by atoms with Gasteiger partial charge in [0.1, 0.15) is 12.1 Å². The molecule has 0 radical (unpaired) electrons. The number of rotatable bonds is 5. The molecule has 142 valence electrons. The molecule has 6 nitrogen and oxygen atoms in total. The van der Waals surface area contributed by atoms with Gasteiger partial charge in [-0.3, -0.25) is 0 Å². The van der Waals surface area contributed by atoms with E-state index >= 15 is 0 Å². The van der Waals surface area contributed by atoms with Crippen molar-refractivity contribution in [2.75, 3.05) is 51.1 Å². The predicted octanol–water partition coefficient (Wildman–Crippen LogP) is 0.957. The summed E-state index contributed by atoms with van der Waals surface area (Å²) in [6.07, 6.45) is 2.45. The van der Waals surface area contributed by atoms with Crippen LogP contribution in [0.4, 0.5) is 5.82 Å². The number of hydrogen-bond acceptors (Lipinski definition) is 6. The molecule has 0 amide bonds. The highest BCUT2D eigenvalue weighted by molar-refractivity contribution is 5.43. The first kappa shape index (κ1) is 17.1. The molecule has 0 saturated carbocycles. The van der Waals surface area contributed by atoms with E-state index in [2.05, 4.69) is 61.5 Å². The number of aromatic nitrogens is 2. The van der Waals surface area contributed by atoms with E-state index in [9.17, 15) is 0 Å². The number of nitrogens with two attached hydrogens (primary N) is 1. The molecule has 0 aliphatic carbocycles. The third kappa shape index (κ3) is 3.02. The van der Waals surface area contributed by atoms with Gasteiger partial charge in [0.05, 0.1) is 0 Å². The van der Waals surface area contributed by atoms with Crippen molar-refractivity contribution in [1.29, 1.82) is 0 Å². The van der Waals surface area contributed by atoms with Crippen molar-refractivity contribution in [1.82, 2.24) is 19.8 Å². The van der Waals surface area contributed by atoms with Crippen LogP contribution >= 0.6 is 0 Å². The minimum absolute atomic E-state index is 0.0951. The van der Waals surface area contributed by atoms with E-state index in [-0.39, 0.29) is 5.41 Å². The summed E-state index contributed by atoms with van der Waals surface area (Å²) in [5.74, 6) is 1.54. The summed E-state index contributed by atoms with van der Waals surface area (Å²) in [7, 11) is 0. The molecule has 0 spiro atoms. The van der Waals surface area contributed by atoms with Crippen molar-refractivity contribution in [3.63, 3.8) is 0 Å². The van der Waals surface area contributed by atoms with Gasteiger partial charge in [-0.2, -0.15) is 0 Å². The number of fused-ring (bicyclic) bond motifs is 1. The lowest BCUT2D eigenvalue weighted by atomic mass is 9.64. The second-order valence-corrected chi connectivity index (χ2v) is 8.31. The Kier molecular flexibility index (Phi) is 4.34. The standard InChI is InChI=1S/C21H28N6/c22-7-6-18-10-19(24-15-23-18)25-20-16-11-26-8-9-27(12-16)14-21(20,13-26)17-4-2-1-3-5-17/h1-5,10,15-16,20H,6-9,11-14,22H2,(H,23,24,25)/t16?,20-,21?/m0/s1. The Morgan fingerprint density at radius 2 is 1.81 bits per heavy atom. The fraction of sp³-hybridized carbons (Fsp3) is 0.524. The van der Waals surface area contributed by atoms with E-state index in [1.165, 1.54) is 31.7 Å². The first-order valence-corrected chi connectivity index (χ1v) is 10.0. The molecule has 2 aromatic rings. The van der Waals surface area contributed by atoms with Crippen LogP contribution in [-0.4, -0.2) is 71.6 Å². The molecular formula is C21H28N6. The first-order chi connectivity index (χ1) is 13.3. The summed E-state index contributed by atoms with van der Waals surface area (Å²) in [5, 5.41) is 3.84. The van der Waals surface area contributed by atoms with Crippen LogP contribution in [0, 0.1) is 5.92 Å². The van der Waals surface area contributed by atoms with Crippen LogP contribution < -0.4 is 11.1 Å². The lowest BCUT2D eigenvalue weighted by Gasteiger charge is -2.56. The summed E-state index contributed by atoms with van der Waals surface area (Å²) < 4.78 is 0. The number of piperidine rings is 2. The van der Waals surface area contributed by atoms with Crippen molar-refractivity contribution >= 4 is 5.82 Å². The second-order valence-electron chi connectivity index (χ2n) is 8.31. The molecule has 6 heteroatoms. The van der Waals surface area contributed by atoms with E-state index in [4.69, 9.17) is 5.73 Å². The van der Waals surface area contributed by atoms with Gasteiger partial charge in [-0.1, -0.05) is 30.3 Å². The number of nitrogens with one attached hydrogen (secondary N) is 1. The highest BCUT2D eigenvalue weighted by Crippen LogP contribution is 2.44. The van der Waals surface area contributed by atoms with Gasteiger partial charge in [-0.25, -0.2) is 9.97 Å². The molecule has 4 aliphatic heterocycles. The van der Waals surface area contributed by atoms with Gasteiger partial charge in [0.25, 0.3) is 0 Å². The van der Waals surface area contributed by atoms with Crippen LogP contribution in [0.3, 0.4) is 0 Å². The van der Waals surface area contributed by atoms with Crippen molar-refractivity contribution in [2.24, 2.45) is 11.7 Å². The Morgan fingerprint density at radius 1 is 1.07 bits per heavy atom. The monoisotopic (exact) mass is 364 g/mol. The van der Waals surface area contributed by atoms with Crippen LogP contribution in [0.1, 0.15) is 11.3 Å². The highest BCUT2D eigenvalue weighted by atomic mass is 15.3. The molecule has 4 saturated heterocycles. The van der Waals surface area contributed by atoms with E-state index < -0.39 is 0 Å². The fourth-order valence-electron chi connectivity index (χ4n) is 5.49. The summed E-state index contributed by atoms with van der Waals surface area (Å²) in [6, 6.07) is 13.5. The minimum Gasteiger partial charge on any atom is -0.366 e. The van der Waals surface area contributed by atoms with Gasteiger partial charge in [-0.15, -0.1) is 0 Å². The predicted molar refractivity (Wildman–Crippen MR) is 107 cm³/mol. The fourth-order valence-corrected chi connectivity index (χ4v) is 5.49. The van der Waals surface area contributed by atoms with Crippen LogP contribution in [0.5, 0.6) is 0 Å². The first-order valence-electron chi connectivity index (χ1n) is 10.0. The SMILES string of the molecule is NCCc1cc(N[C@H]2C3CN4CCN(C3)CC2(c2ccccc2)C4)ncn1. The maximum absolute atomic E-state index is 5.71. The Balaban J connectivity index is 1.53. The van der Waals surface area contributed by atoms with Crippen molar-refractivity contribution in [3.8, 4) is 0 Å².